The first-order valence-corrected chi connectivity index (χ1v) is 6.36. The predicted molar refractivity (Wildman–Crippen MR) is 65.9 cm³/mol. The largest absolute Gasteiger partial charge is 0.338 e. The molecule has 1 aliphatic rings. The molecule has 1 saturated heterocycles. The van der Waals surface area contributed by atoms with Crippen LogP contribution in [-0.4, -0.2) is 21.7 Å². The fraction of sp³-hybridized carbons (Fsp3) is 0.462. The van der Waals surface area contributed by atoms with Crippen molar-refractivity contribution in [3.8, 4) is 0 Å². The fourth-order valence-corrected chi connectivity index (χ4v) is 2.23. The molecule has 1 fully saturated rings. The summed E-state index contributed by atoms with van der Waals surface area (Å²) in [4.78, 5) is 8.54. The summed E-state index contributed by atoms with van der Waals surface area (Å²) < 4.78 is 5.33. The first-order chi connectivity index (χ1) is 8.92. The van der Waals surface area contributed by atoms with E-state index in [1.807, 2.05) is 18.3 Å². The molecule has 0 amide bonds. The molecule has 0 bridgehead atoms. The Bertz CT molecular complexity index is 491. The van der Waals surface area contributed by atoms with Crippen LogP contribution in [0.4, 0.5) is 0 Å². The summed E-state index contributed by atoms with van der Waals surface area (Å²) in [7, 11) is 0. The van der Waals surface area contributed by atoms with E-state index in [1.54, 1.807) is 6.20 Å². The van der Waals surface area contributed by atoms with E-state index in [2.05, 4.69) is 20.4 Å². The Morgan fingerprint density at radius 1 is 1.39 bits per heavy atom. The van der Waals surface area contributed by atoms with E-state index in [0.717, 1.165) is 24.4 Å². The Balaban J connectivity index is 1.69. The summed E-state index contributed by atoms with van der Waals surface area (Å²) in [5.74, 6) is 1.44. The standard InChI is InChI=1S/C13H16N4O/c1-2-7-15-11(5-1)13-16-12(17-18-13)8-10-4-3-6-14-9-10/h3-4,6,9,11,15H,1-2,5,7-8H2/t11-/m1/s1. The first-order valence-electron chi connectivity index (χ1n) is 6.36. The molecule has 5 nitrogen and oxygen atoms in total. The second-order valence-electron chi connectivity index (χ2n) is 4.59. The molecule has 2 aromatic rings. The van der Waals surface area contributed by atoms with Gasteiger partial charge in [0, 0.05) is 18.8 Å². The Morgan fingerprint density at radius 2 is 2.39 bits per heavy atom. The van der Waals surface area contributed by atoms with Crippen molar-refractivity contribution < 1.29 is 4.52 Å². The summed E-state index contributed by atoms with van der Waals surface area (Å²) in [5.41, 5.74) is 1.10. The molecule has 0 aliphatic carbocycles. The van der Waals surface area contributed by atoms with Crippen molar-refractivity contribution in [2.24, 2.45) is 0 Å². The van der Waals surface area contributed by atoms with Gasteiger partial charge in [-0.15, -0.1) is 0 Å². The number of pyridine rings is 1. The van der Waals surface area contributed by atoms with Gasteiger partial charge in [0.15, 0.2) is 5.82 Å². The zero-order chi connectivity index (χ0) is 12.2. The van der Waals surface area contributed by atoms with Gasteiger partial charge in [0.2, 0.25) is 5.89 Å². The number of nitrogens with zero attached hydrogens (tertiary/aromatic N) is 3. The van der Waals surface area contributed by atoms with Crippen molar-refractivity contribution in [1.29, 1.82) is 0 Å². The minimum Gasteiger partial charge on any atom is -0.338 e. The van der Waals surface area contributed by atoms with Gasteiger partial charge in [-0.3, -0.25) is 4.98 Å². The molecule has 94 valence electrons. The molecule has 0 spiro atoms. The SMILES string of the molecule is c1cncc(Cc2noc([C@H]3CCCCN3)n2)c1. The van der Waals surface area contributed by atoms with E-state index >= 15 is 0 Å². The highest BCUT2D eigenvalue weighted by atomic mass is 16.5. The Hall–Kier alpha value is -1.75. The summed E-state index contributed by atoms with van der Waals surface area (Å²) in [6, 6.07) is 4.16. The molecule has 18 heavy (non-hydrogen) atoms. The summed E-state index contributed by atoms with van der Waals surface area (Å²) in [6.07, 6.45) is 7.79. The molecule has 1 atom stereocenters. The third kappa shape index (κ3) is 2.56. The molecule has 3 rings (SSSR count). The van der Waals surface area contributed by atoms with Crippen LogP contribution in [0.15, 0.2) is 29.0 Å². The summed E-state index contributed by atoms with van der Waals surface area (Å²) in [5, 5.41) is 7.44. The molecular formula is C13H16N4O. The zero-order valence-corrected chi connectivity index (χ0v) is 10.2. The molecule has 2 aromatic heterocycles. The van der Waals surface area contributed by atoms with Crippen LogP contribution in [0.2, 0.25) is 0 Å². The lowest BCUT2D eigenvalue weighted by atomic mass is 10.1. The average Bonchev–Trinajstić information content (AvgIpc) is 2.89. The number of nitrogens with one attached hydrogen (secondary N) is 1. The van der Waals surface area contributed by atoms with E-state index in [1.165, 1.54) is 12.8 Å². The Kier molecular flexibility index (Phi) is 3.32. The predicted octanol–water partition coefficient (Wildman–Crippen LogP) is 1.87. The molecule has 3 heterocycles. The van der Waals surface area contributed by atoms with Crippen LogP contribution in [0.5, 0.6) is 0 Å². The molecule has 0 aromatic carbocycles. The number of aromatic nitrogens is 3. The van der Waals surface area contributed by atoms with Crippen molar-refractivity contribution in [2.45, 2.75) is 31.7 Å². The zero-order valence-electron chi connectivity index (χ0n) is 10.2. The lowest BCUT2D eigenvalue weighted by Crippen LogP contribution is -2.27. The highest BCUT2D eigenvalue weighted by Gasteiger charge is 2.20. The monoisotopic (exact) mass is 244 g/mol. The minimum absolute atomic E-state index is 0.230. The summed E-state index contributed by atoms with van der Waals surface area (Å²) >= 11 is 0. The first kappa shape index (κ1) is 11.3. The molecule has 1 aliphatic heterocycles. The maximum Gasteiger partial charge on any atom is 0.243 e. The Morgan fingerprint density at radius 3 is 3.17 bits per heavy atom. The Labute approximate surface area is 106 Å². The van der Waals surface area contributed by atoms with Gasteiger partial charge < -0.3 is 9.84 Å². The van der Waals surface area contributed by atoms with E-state index in [9.17, 15) is 0 Å². The van der Waals surface area contributed by atoms with Gasteiger partial charge in [-0.1, -0.05) is 17.6 Å². The molecular weight excluding hydrogens is 228 g/mol. The van der Waals surface area contributed by atoms with E-state index in [-0.39, 0.29) is 6.04 Å². The van der Waals surface area contributed by atoms with E-state index in [0.29, 0.717) is 12.3 Å². The highest BCUT2D eigenvalue weighted by Crippen LogP contribution is 2.21. The van der Waals surface area contributed by atoms with Gasteiger partial charge in [0.25, 0.3) is 0 Å². The maximum absolute atomic E-state index is 5.33. The van der Waals surface area contributed by atoms with Crippen LogP contribution in [0.25, 0.3) is 0 Å². The lowest BCUT2D eigenvalue weighted by Gasteiger charge is -2.19. The normalized spacial score (nSPS) is 19.9. The fourth-order valence-electron chi connectivity index (χ4n) is 2.23. The van der Waals surface area contributed by atoms with Gasteiger partial charge in [-0.2, -0.15) is 4.98 Å². The minimum atomic E-state index is 0.230. The van der Waals surface area contributed by atoms with Crippen LogP contribution in [0, 0.1) is 0 Å². The lowest BCUT2D eigenvalue weighted by molar-refractivity contribution is 0.296. The van der Waals surface area contributed by atoms with Crippen LogP contribution >= 0.6 is 0 Å². The van der Waals surface area contributed by atoms with Crippen molar-refractivity contribution in [1.82, 2.24) is 20.4 Å². The molecule has 0 saturated carbocycles. The van der Waals surface area contributed by atoms with Gasteiger partial charge >= 0.3 is 0 Å². The number of hydrogen-bond acceptors (Lipinski definition) is 5. The number of hydrogen-bond donors (Lipinski definition) is 1. The van der Waals surface area contributed by atoms with Crippen molar-refractivity contribution >= 4 is 0 Å². The molecule has 0 unspecified atom stereocenters. The van der Waals surface area contributed by atoms with Gasteiger partial charge in [-0.25, -0.2) is 0 Å². The third-order valence-corrected chi connectivity index (χ3v) is 3.18. The highest BCUT2D eigenvalue weighted by molar-refractivity contribution is 5.13. The van der Waals surface area contributed by atoms with Crippen molar-refractivity contribution in [3.63, 3.8) is 0 Å². The quantitative estimate of drug-likeness (QED) is 0.893. The molecule has 1 N–H and O–H groups in total. The van der Waals surface area contributed by atoms with Crippen LogP contribution < -0.4 is 5.32 Å². The second kappa shape index (κ2) is 5.27. The number of piperidine rings is 1. The summed E-state index contributed by atoms with van der Waals surface area (Å²) in [6.45, 7) is 1.03. The van der Waals surface area contributed by atoms with Crippen LogP contribution in [0.1, 0.15) is 42.6 Å². The number of rotatable bonds is 3. The van der Waals surface area contributed by atoms with Crippen molar-refractivity contribution in [3.05, 3.63) is 41.8 Å². The van der Waals surface area contributed by atoms with Gasteiger partial charge in [0.05, 0.1) is 6.04 Å². The van der Waals surface area contributed by atoms with Gasteiger partial charge in [0.1, 0.15) is 0 Å². The second-order valence-corrected chi connectivity index (χ2v) is 4.59. The van der Waals surface area contributed by atoms with Crippen LogP contribution in [-0.2, 0) is 6.42 Å². The van der Waals surface area contributed by atoms with E-state index in [4.69, 9.17) is 4.52 Å². The van der Waals surface area contributed by atoms with Gasteiger partial charge in [-0.05, 0) is 31.0 Å². The topological polar surface area (TPSA) is 63.8 Å². The average molecular weight is 244 g/mol. The third-order valence-electron chi connectivity index (χ3n) is 3.18. The molecule has 5 heteroatoms. The molecule has 0 radical (unpaired) electrons. The van der Waals surface area contributed by atoms with E-state index < -0.39 is 0 Å². The smallest absolute Gasteiger partial charge is 0.243 e. The maximum atomic E-state index is 5.33. The van der Waals surface area contributed by atoms with Crippen LogP contribution in [0.3, 0.4) is 0 Å². The van der Waals surface area contributed by atoms with Crippen molar-refractivity contribution in [2.75, 3.05) is 6.54 Å².